The molecule has 1 aromatic heterocycles. The summed E-state index contributed by atoms with van der Waals surface area (Å²) in [4.78, 5) is 6.80. The van der Waals surface area contributed by atoms with Crippen molar-refractivity contribution in [2.24, 2.45) is 0 Å². The average molecular weight is 397 g/mol. The van der Waals surface area contributed by atoms with Gasteiger partial charge in [-0.25, -0.2) is 17.7 Å². The summed E-state index contributed by atoms with van der Waals surface area (Å²) >= 11 is 1.37. The highest BCUT2D eigenvalue weighted by Gasteiger charge is 2.24. The number of anilines is 1. The lowest BCUT2D eigenvalue weighted by atomic mass is 10.1. The van der Waals surface area contributed by atoms with E-state index in [2.05, 4.69) is 14.3 Å². The summed E-state index contributed by atoms with van der Waals surface area (Å²) < 4.78 is 35.5. The fourth-order valence-corrected chi connectivity index (χ4v) is 4.82. The molecular formula is C17H24N4O3S2. The van der Waals surface area contributed by atoms with Crippen LogP contribution in [0, 0.1) is 0 Å². The van der Waals surface area contributed by atoms with Gasteiger partial charge in [-0.15, -0.1) is 0 Å². The predicted molar refractivity (Wildman–Crippen MR) is 104 cm³/mol. The number of sulfonamides is 1. The summed E-state index contributed by atoms with van der Waals surface area (Å²) in [5.41, 5.74) is 1.10. The molecule has 1 aliphatic heterocycles. The Labute approximate surface area is 158 Å². The summed E-state index contributed by atoms with van der Waals surface area (Å²) in [5, 5.41) is 0.860. The van der Waals surface area contributed by atoms with Gasteiger partial charge in [-0.3, -0.25) is 0 Å². The van der Waals surface area contributed by atoms with E-state index < -0.39 is 10.0 Å². The molecule has 1 aliphatic rings. The smallest absolute Gasteiger partial charge is 0.213 e. The molecular weight excluding hydrogens is 372 g/mol. The van der Waals surface area contributed by atoms with Crippen molar-refractivity contribution in [3.05, 3.63) is 35.7 Å². The third-order valence-corrected chi connectivity index (χ3v) is 7.13. The summed E-state index contributed by atoms with van der Waals surface area (Å²) in [7, 11) is -1.48. The quantitative estimate of drug-likeness (QED) is 0.743. The number of hydrogen-bond acceptors (Lipinski definition) is 7. The van der Waals surface area contributed by atoms with Gasteiger partial charge in [0.05, 0.1) is 12.9 Å². The van der Waals surface area contributed by atoms with Crippen LogP contribution >= 0.6 is 11.5 Å². The van der Waals surface area contributed by atoms with Crippen LogP contribution in [0.15, 0.2) is 24.3 Å². The van der Waals surface area contributed by atoms with Gasteiger partial charge in [0, 0.05) is 44.1 Å². The van der Waals surface area contributed by atoms with Gasteiger partial charge in [0.25, 0.3) is 0 Å². The molecule has 0 unspecified atom stereocenters. The van der Waals surface area contributed by atoms with Crippen LogP contribution in [0.4, 0.5) is 5.13 Å². The largest absolute Gasteiger partial charge is 0.497 e. The van der Waals surface area contributed by atoms with Gasteiger partial charge < -0.3 is 9.64 Å². The number of rotatable bonds is 6. The molecule has 0 spiro atoms. The van der Waals surface area contributed by atoms with Crippen LogP contribution < -0.4 is 9.64 Å². The minimum absolute atomic E-state index is 0.149. The van der Waals surface area contributed by atoms with Gasteiger partial charge in [-0.05, 0) is 31.0 Å². The Morgan fingerprint density at radius 3 is 2.85 bits per heavy atom. The topological polar surface area (TPSA) is 75.6 Å². The van der Waals surface area contributed by atoms with Gasteiger partial charge in [0.1, 0.15) is 11.6 Å². The van der Waals surface area contributed by atoms with Gasteiger partial charge >= 0.3 is 0 Å². The molecule has 1 fully saturated rings. The van der Waals surface area contributed by atoms with Crippen LogP contribution in [-0.4, -0.2) is 61.1 Å². The van der Waals surface area contributed by atoms with Crippen LogP contribution in [0.2, 0.25) is 0 Å². The van der Waals surface area contributed by atoms with Gasteiger partial charge in [0.2, 0.25) is 15.2 Å². The molecule has 0 N–H and O–H groups in total. The van der Waals surface area contributed by atoms with E-state index in [9.17, 15) is 8.42 Å². The molecule has 1 saturated heterocycles. The summed E-state index contributed by atoms with van der Waals surface area (Å²) in [6.45, 7) is 4.20. The Kier molecular flexibility index (Phi) is 6.10. The number of nitrogens with zero attached hydrogens (tertiary/aromatic N) is 4. The molecule has 3 rings (SSSR count). The first-order valence-corrected chi connectivity index (χ1v) is 11.1. The molecule has 1 aromatic carbocycles. The van der Waals surface area contributed by atoms with E-state index in [0.717, 1.165) is 35.2 Å². The molecule has 0 amide bonds. The average Bonchev–Trinajstić information content (AvgIpc) is 2.96. The normalized spacial score (nSPS) is 16.5. The van der Waals surface area contributed by atoms with Crippen molar-refractivity contribution in [1.82, 2.24) is 13.7 Å². The maximum Gasteiger partial charge on any atom is 0.213 e. The fourth-order valence-electron chi connectivity index (χ4n) is 2.96. The maximum atomic E-state index is 12.1. The van der Waals surface area contributed by atoms with Crippen LogP contribution in [0.25, 0.3) is 0 Å². The fraction of sp³-hybridized carbons (Fsp3) is 0.529. The van der Waals surface area contributed by atoms with E-state index in [4.69, 9.17) is 4.74 Å². The highest BCUT2D eigenvalue weighted by atomic mass is 32.2. The van der Waals surface area contributed by atoms with E-state index >= 15 is 0 Å². The van der Waals surface area contributed by atoms with E-state index in [1.165, 1.54) is 11.5 Å². The van der Waals surface area contributed by atoms with E-state index in [1.807, 2.05) is 24.3 Å². The zero-order valence-corrected chi connectivity index (χ0v) is 16.7. The molecule has 9 heteroatoms. The molecule has 0 aliphatic carbocycles. The van der Waals surface area contributed by atoms with Crippen LogP contribution in [-0.2, 0) is 16.4 Å². The second kappa shape index (κ2) is 8.32. The van der Waals surface area contributed by atoms with Crippen molar-refractivity contribution in [2.75, 3.05) is 43.9 Å². The van der Waals surface area contributed by atoms with Crippen LogP contribution in [0.5, 0.6) is 5.75 Å². The second-order valence-corrected chi connectivity index (χ2v) is 9.15. The Hall–Kier alpha value is -1.71. The minimum atomic E-state index is -3.13. The molecule has 0 saturated carbocycles. The maximum absolute atomic E-state index is 12.1. The van der Waals surface area contributed by atoms with Gasteiger partial charge in [-0.1, -0.05) is 12.1 Å². The van der Waals surface area contributed by atoms with E-state index in [0.29, 0.717) is 26.1 Å². The summed E-state index contributed by atoms with van der Waals surface area (Å²) in [5.74, 6) is 1.75. The summed E-state index contributed by atoms with van der Waals surface area (Å²) in [6.07, 6.45) is 1.45. The van der Waals surface area contributed by atoms with Gasteiger partial charge in [-0.2, -0.15) is 4.37 Å². The lowest BCUT2D eigenvalue weighted by Crippen LogP contribution is -2.36. The van der Waals surface area contributed by atoms with Crippen molar-refractivity contribution in [2.45, 2.75) is 19.8 Å². The molecule has 7 nitrogen and oxygen atoms in total. The van der Waals surface area contributed by atoms with Crippen LogP contribution in [0.3, 0.4) is 0 Å². The van der Waals surface area contributed by atoms with E-state index in [1.54, 1.807) is 18.3 Å². The van der Waals surface area contributed by atoms with Crippen molar-refractivity contribution >= 4 is 26.7 Å². The first kappa shape index (κ1) is 19.1. The molecule has 26 heavy (non-hydrogen) atoms. The van der Waals surface area contributed by atoms with Crippen molar-refractivity contribution in [1.29, 1.82) is 0 Å². The highest BCUT2D eigenvalue weighted by molar-refractivity contribution is 7.89. The zero-order chi connectivity index (χ0) is 18.6. The lowest BCUT2D eigenvalue weighted by molar-refractivity contribution is 0.414. The number of aromatic nitrogens is 2. The monoisotopic (exact) mass is 396 g/mol. The third kappa shape index (κ3) is 4.52. The second-order valence-electron chi connectivity index (χ2n) is 6.16. The highest BCUT2D eigenvalue weighted by Crippen LogP contribution is 2.22. The number of methoxy groups -OCH3 is 1. The third-order valence-electron chi connectivity index (χ3n) is 4.44. The number of benzene rings is 1. The van der Waals surface area contributed by atoms with Crippen molar-refractivity contribution < 1.29 is 13.2 Å². The van der Waals surface area contributed by atoms with Crippen LogP contribution in [0.1, 0.15) is 24.7 Å². The zero-order valence-electron chi connectivity index (χ0n) is 15.1. The SMILES string of the molecule is CCS(=O)(=O)N1CCCN(c2nc(Cc3cccc(OC)c3)ns2)CC1. The molecule has 0 atom stereocenters. The Morgan fingerprint density at radius 2 is 2.08 bits per heavy atom. The first-order chi connectivity index (χ1) is 12.5. The van der Waals surface area contributed by atoms with Crippen molar-refractivity contribution in [3.63, 3.8) is 0 Å². The lowest BCUT2D eigenvalue weighted by Gasteiger charge is -2.20. The molecule has 142 valence electrons. The Morgan fingerprint density at radius 1 is 1.23 bits per heavy atom. The molecule has 2 heterocycles. The molecule has 2 aromatic rings. The van der Waals surface area contributed by atoms with E-state index in [-0.39, 0.29) is 5.75 Å². The summed E-state index contributed by atoms with van der Waals surface area (Å²) in [6, 6.07) is 7.89. The number of hydrogen-bond donors (Lipinski definition) is 0. The first-order valence-electron chi connectivity index (χ1n) is 8.70. The molecule has 0 radical (unpaired) electrons. The standard InChI is InChI=1S/C17H24N4O3S2/c1-3-26(22,23)21-9-5-8-20(10-11-21)17-18-16(19-25-17)13-14-6-4-7-15(12-14)24-2/h4,6-7,12H,3,5,8-11,13H2,1-2H3. The number of ether oxygens (including phenoxy) is 1. The van der Waals surface area contributed by atoms with Crippen molar-refractivity contribution in [3.8, 4) is 5.75 Å². The Bertz CT molecular complexity index is 838. The Balaban J connectivity index is 1.66. The minimum Gasteiger partial charge on any atom is -0.497 e. The predicted octanol–water partition coefficient (Wildman–Crippen LogP) is 2.00. The molecule has 0 bridgehead atoms. The van der Waals surface area contributed by atoms with Gasteiger partial charge in [0.15, 0.2) is 0 Å².